The Hall–Kier alpha value is -1.59. The summed E-state index contributed by atoms with van der Waals surface area (Å²) in [7, 11) is 1.85. The molecule has 0 radical (unpaired) electrons. The van der Waals surface area contributed by atoms with Crippen molar-refractivity contribution in [3.05, 3.63) is 34.9 Å². The van der Waals surface area contributed by atoms with Gasteiger partial charge in [-0.05, 0) is 37.1 Å². The van der Waals surface area contributed by atoms with E-state index in [1.807, 2.05) is 36.2 Å². The van der Waals surface area contributed by atoms with Crippen LogP contribution in [0, 0.1) is 5.92 Å². The molecule has 1 atom stereocenters. The summed E-state index contributed by atoms with van der Waals surface area (Å²) in [5.74, 6) is 0.679. The quantitative estimate of drug-likeness (QED) is 0.723. The Kier molecular flexibility index (Phi) is 9.66. The summed E-state index contributed by atoms with van der Waals surface area (Å²) in [6.45, 7) is 6.08. The number of likely N-dealkylation sites (tertiary alicyclic amines) is 1. The second-order valence-electron chi connectivity index (χ2n) is 6.86. The number of rotatable bonds is 7. The molecule has 5 nitrogen and oxygen atoms in total. The van der Waals surface area contributed by atoms with Crippen LogP contribution in [0.5, 0.6) is 0 Å². The molecule has 1 aliphatic heterocycles. The molecular weight excluding hydrogens is 350 g/mol. The van der Waals surface area contributed by atoms with Gasteiger partial charge in [-0.1, -0.05) is 50.2 Å². The third kappa shape index (κ3) is 6.96. The summed E-state index contributed by atoms with van der Waals surface area (Å²) >= 11 is 5.95. The maximum absolute atomic E-state index is 12.6. The lowest BCUT2D eigenvalue weighted by Gasteiger charge is -2.31. The molecule has 6 heteroatoms. The zero-order valence-corrected chi connectivity index (χ0v) is 16.1. The van der Waals surface area contributed by atoms with Gasteiger partial charge < -0.3 is 15.1 Å². The maximum Gasteiger partial charge on any atom is 0.239 e. The Balaban J connectivity index is 0.00000338. The minimum atomic E-state index is -0.0995. The van der Waals surface area contributed by atoms with Gasteiger partial charge in [-0.2, -0.15) is 0 Å². The summed E-state index contributed by atoms with van der Waals surface area (Å²) in [6.07, 6.45) is 2.38. The number of benzene rings is 1. The first kappa shape index (κ1) is 22.5. The molecule has 0 saturated carbocycles. The predicted octanol–water partition coefficient (Wildman–Crippen LogP) is 4.11. The van der Waals surface area contributed by atoms with Crippen LogP contribution in [0.3, 0.4) is 0 Å². The van der Waals surface area contributed by atoms with E-state index in [0.717, 1.165) is 30.5 Å². The Morgan fingerprint density at radius 2 is 2.04 bits per heavy atom. The highest BCUT2D eigenvalue weighted by atomic mass is 35.5. The molecule has 2 rings (SSSR count). The number of carbonyl (C=O) groups is 1. The van der Waals surface area contributed by atoms with Crippen molar-refractivity contribution in [2.45, 2.75) is 53.2 Å². The fraction of sp³-hybridized carbons (Fsp3) is 0.600. The normalized spacial score (nSPS) is 15.4. The lowest BCUT2D eigenvalue weighted by molar-refractivity contribution is -0.133. The van der Waals surface area contributed by atoms with Gasteiger partial charge in [-0.15, -0.1) is 0 Å². The van der Waals surface area contributed by atoms with Crippen LogP contribution in [0.15, 0.2) is 29.4 Å². The van der Waals surface area contributed by atoms with E-state index in [1.165, 1.54) is 0 Å². The molecule has 0 aliphatic carbocycles. The Bertz CT molecular complexity index is 594. The first-order valence-corrected chi connectivity index (χ1v) is 9.25. The van der Waals surface area contributed by atoms with Gasteiger partial charge >= 0.3 is 0 Å². The van der Waals surface area contributed by atoms with E-state index in [4.69, 9.17) is 16.4 Å². The molecule has 1 aliphatic rings. The number of hydrogen-bond acceptors (Lipinski definition) is 4. The van der Waals surface area contributed by atoms with E-state index in [2.05, 4.69) is 24.3 Å². The minimum Gasteiger partial charge on any atom is -0.391 e. The lowest BCUT2D eigenvalue weighted by atomic mass is 10.0. The van der Waals surface area contributed by atoms with E-state index in [-0.39, 0.29) is 19.4 Å². The van der Waals surface area contributed by atoms with Crippen LogP contribution in [0.2, 0.25) is 5.02 Å². The molecule has 0 unspecified atom stereocenters. The summed E-state index contributed by atoms with van der Waals surface area (Å²) in [5, 5.41) is 8.07. The van der Waals surface area contributed by atoms with Crippen LogP contribution < -0.4 is 5.32 Å². The molecular formula is C20H32ClN3O2. The fourth-order valence-corrected chi connectivity index (χ4v) is 3.15. The van der Waals surface area contributed by atoms with E-state index in [0.29, 0.717) is 30.6 Å². The van der Waals surface area contributed by atoms with Crippen LogP contribution >= 0.6 is 11.6 Å². The molecule has 1 heterocycles. The maximum atomic E-state index is 12.6. The second kappa shape index (κ2) is 11.2. The number of hydrogen-bond donors (Lipinski definition) is 1. The third-order valence-electron chi connectivity index (χ3n) is 4.32. The van der Waals surface area contributed by atoms with Crippen molar-refractivity contribution >= 4 is 23.2 Å². The monoisotopic (exact) mass is 381 g/mol. The molecule has 0 spiro atoms. The number of piperidine rings is 1. The molecule has 0 bridgehead atoms. The third-order valence-corrected chi connectivity index (χ3v) is 4.55. The average Bonchev–Trinajstić information content (AvgIpc) is 2.59. The van der Waals surface area contributed by atoms with Crippen LogP contribution in [-0.4, -0.2) is 42.7 Å². The van der Waals surface area contributed by atoms with Gasteiger partial charge in [-0.25, -0.2) is 0 Å². The first-order chi connectivity index (χ1) is 12.0. The standard InChI is InChI=1S/C19H28ClN3O2.CH4/c1-14(2)11-18(21-3)19(24)23-9-7-17(8-10-23)22-25-13-15-5-4-6-16(20)12-15;/h4-6,12,14,18,21H,7-11,13H2,1-3H3;1H4/t18-;/m0./s1. The van der Waals surface area contributed by atoms with E-state index < -0.39 is 0 Å². The SMILES string of the molecule is C.CN[C@@H](CC(C)C)C(=O)N1CCC(=NOCc2cccc(Cl)c2)CC1. The summed E-state index contributed by atoms with van der Waals surface area (Å²) < 4.78 is 0. The minimum absolute atomic E-state index is 0. The average molecular weight is 382 g/mol. The molecule has 1 amide bonds. The van der Waals surface area contributed by atoms with Gasteiger partial charge in [-0.3, -0.25) is 4.79 Å². The van der Waals surface area contributed by atoms with Crippen molar-refractivity contribution in [3.8, 4) is 0 Å². The highest BCUT2D eigenvalue weighted by Gasteiger charge is 2.26. The Labute approximate surface area is 162 Å². The van der Waals surface area contributed by atoms with Gasteiger partial charge in [0.05, 0.1) is 11.8 Å². The van der Waals surface area contributed by atoms with E-state index >= 15 is 0 Å². The van der Waals surface area contributed by atoms with Crippen molar-refractivity contribution < 1.29 is 9.63 Å². The lowest BCUT2D eigenvalue weighted by Crippen LogP contribution is -2.48. The van der Waals surface area contributed by atoms with Gasteiger partial charge in [0.25, 0.3) is 0 Å². The molecule has 1 aromatic rings. The first-order valence-electron chi connectivity index (χ1n) is 8.87. The van der Waals surface area contributed by atoms with Gasteiger partial charge in [0, 0.05) is 31.0 Å². The van der Waals surface area contributed by atoms with Crippen molar-refractivity contribution in [1.82, 2.24) is 10.2 Å². The summed E-state index contributed by atoms with van der Waals surface area (Å²) in [6, 6.07) is 7.46. The van der Waals surface area contributed by atoms with Crippen LogP contribution in [-0.2, 0) is 16.2 Å². The summed E-state index contributed by atoms with van der Waals surface area (Å²) in [5.41, 5.74) is 2.01. The Morgan fingerprint density at radius 3 is 2.62 bits per heavy atom. The molecule has 0 aromatic heterocycles. The topological polar surface area (TPSA) is 53.9 Å². The number of likely N-dealkylation sites (N-methyl/N-ethyl adjacent to an activating group) is 1. The largest absolute Gasteiger partial charge is 0.391 e. The number of amides is 1. The Morgan fingerprint density at radius 1 is 1.35 bits per heavy atom. The number of nitrogens with zero attached hydrogens (tertiary/aromatic N) is 2. The molecule has 1 fully saturated rings. The smallest absolute Gasteiger partial charge is 0.239 e. The second-order valence-corrected chi connectivity index (χ2v) is 7.29. The highest BCUT2D eigenvalue weighted by Crippen LogP contribution is 2.14. The number of halogens is 1. The number of carbonyl (C=O) groups excluding carboxylic acids is 1. The highest BCUT2D eigenvalue weighted by molar-refractivity contribution is 6.30. The zero-order valence-electron chi connectivity index (χ0n) is 15.3. The van der Waals surface area contributed by atoms with Crippen molar-refractivity contribution in [2.24, 2.45) is 11.1 Å². The van der Waals surface area contributed by atoms with Crippen molar-refractivity contribution in [2.75, 3.05) is 20.1 Å². The van der Waals surface area contributed by atoms with E-state index in [1.54, 1.807) is 0 Å². The summed E-state index contributed by atoms with van der Waals surface area (Å²) in [4.78, 5) is 20.0. The molecule has 1 aromatic carbocycles. The van der Waals surface area contributed by atoms with Gasteiger partial charge in [0.15, 0.2) is 0 Å². The number of oxime groups is 1. The predicted molar refractivity (Wildman–Crippen MR) is 109 cm³/mol. The molecule has 146 valence electrons. The molecule has 1 N–H and O–H groups in total. The van der Waals surface area contributed by atoms with E-state index in [9.17, 15) is 4.79 Å². The van der Waals surface area contributed by atoms with Crippen molar-refractivity contribution in [3.63, 3.8) is 0 Å². The van der Waals surface area contributed by atoms with Crippen LogP contribution in [0.4, 0.5) is 0 Å². The van der Waals surface area contributed by atoms with Crippen LogP contribution in [0.25, 0.3) is 0 Å². The molecule has 1 saturated heterocycles. The van der Waals surface area contributed by atoms with Crippen molar-refractivity contribution in [1.29, 1.82) is 0 Å². The fourth-order valence-electron chi connectivity index (χ4n) is 2.94. The van der Waals surface area contributed by atoms with Gasteiger partial charge in [0.1, 0.15) is 6.61 Å². The zero-order chi connectivity index (χ0) is 18.2. The molecule has 26 heavy (non-hydrogen) atoms. The van der Waals surface area contributed by atoms with Gasteiger partial charge in [0.2, 0.25) is 5.91 Å². The van der Waals surface area contributed by atoms with Crippen LogP contribution in [0.1, 0.15) is 46.1 Å². The number of nitrogens with one attached hydrogen (secondary N) is 1.